The molecule has 1 rings (SSSR count). The van der Waals surface area contributed by atoms with Gasteiger partial charge in [0.1, 0.15) is 0 Å². The lowest BCUT2D eigenvalue weighted by molar-refractivity contribution is -0.0151. The molecule has 1 saturated carbocycles. The Kier molecular flexibility index (Phi) is 2.90. The van der Waals surface area contributed by atoms with Crippen LogP contribution >= 0.6 is 0 Å². The fourth-order valence-electron chi connectivity index (χ4n) is 2.11. The van der Waals surface area contributed by atoms with E-state index in [9.17, 15) is 5.11 Å². The molecule has 0 aromatic heterocycles. The van der Waals surface area contributed by atoms with Crippen molar-refractivity contribution in [2.24, 2.45) is 5.41 Å². The lowest BCUT2D eigenvalue weighted by Gasteiger charge is -2.31. The third kappa shape index (κ3) is 1.57. The van der Waals surface area contributed by atoms with Gasteiger partial charge in [-0.1, -0.05) is 19.8 Å². The monoisotopic (exact) mass is 158 g/mol. The van der Waals surface area contributed by atoms with Gasteiger partial charge in [0.15, 0.2) is 0 Å². The summed E-state index contributed by atoms with van der Waals surface area (Å²) in [6.07, 6.45) is 4.79. The molecular weight excluding hydrogens is 140 g/mol. The average Bonchev–Trinajstić information content (AvgIpc) is 2.52. The van der Waals surface area contributed by atoms with Gasteiger partial charge < -0.3 is 10.2 Å². The van der Waals surface area contributed by atoms with E-state index in [0.29, 0.717) is 0 Å². The van der Waals surface area contributed by atoms with Crippen LogP contribution in [0.1, 0.15) is 39.0 Å². The van der Waals surface area contributed by atoms with Crippen molar-refractivity contribution in [3.63, 3.8) is 0 Å². The van der Waals surface area contributed by atoms with Gasteiger partial charge in [0.2, 0.25) is 0 Å². The summed E-state index contributed by atoms with van der Waals surface area (Å²) in [5.41, 5.74) is -0.144. The third-order valence-corrected chi connectivity index (χ3v) is 3.01. The second-order valence-corrected chi connectivity index (χ2v) is 3.65. The summed E-state index contributed by atoms with van der Waals surface area (Å²) in [5.74, 6) is 0. The molecule has 2 heteroatoms. The molecule has 0 amide bonds. The summed E-state index contributed by atoms with van der Waals surface area (Å²) in [5, 5.41) is 18.8. The fourth-order valence-corrected chi connectivity index (χ4v) is 2.11. The lowest BCUT2D eigenvalue weighted by atomic mass is 9.80. The Bertz CT molecular complexity index is 117. The summed E-state index contributed by atoms with van der Waals surface area (Å²) in [4.78, 5) is 0. The van der Waals surface area contributed by atoms with Crippen LogP contribution in [0.2, 0.25) is 0 Å². The van der Waals surface area contributed by atoms with E-state index in [1.165, 1.54) is 0 Å². The van der Waals surface area contributed by atoms with Crippen LogP contribution in [0.3, 0.4) is 0 Å². The average molecular weight is 158 g/mol. The first-order valence-electron chi connectivity index (χ1n) is 4.54. The molecule has 66 valence electrons. The molecule has 2 N–H and O–H groups in total. The van der Waals surface area contributed by atoms with E-state index < -0.39 is 0 Å². The SMILES string of the molecule is CC[C@@H](O)C1(CO)CCCC1. The van der Waals surface area contributed by atoms with Gasteiger partial charge >= 0.3 is 0 Å². The van der Waals surface area contributed by atoms with Gasteiger partial charge in [0.25, 0.3) is 0 Å². The summed E-state index contributed by atoms with van der Waals surface area (Å²) >= 11 is 0. The Morgan fingerprint density at radius 1 is 1.36 bits per heavy atom. The molecule has 1 aliphatic carbocycles. The van der Waals surface area contributed by atoms with Crippen LogP contribution in [0, 0.1) is 5.41 Å². The van der Waals surface area contributed by atoms with Crippen molar-refractivity contribution >= 4 is 0 Å². The quantitative estimate of drug-likeness (QED) is 0.650. The minimum atomic E-state index is -0.296. The molecular formula is C9H18O2. The first-order valence-corrected chi connectivity index (χ1v) is 4.54. The van der Waals surface area contributed by atoms with Gasteiger partial charge in [-0.05, 0) is 19.3 Å². The third-order valence-electron chi connectivity index (χ3n) is 3.01. The van der Waals surface area contributed by atoms with Crippen LogP contribution in [0.15, 0.2) is 0 Å². The van der Waals surface area contributed by atoms with Crippen molar-refractivity contribution < 1.29 is 10.2 Å². The fraction of sp³-hybridized carbons (Fsp3) is 1.00. The predicted molar refractivity (Wildman–Crippen MR) is 44.3 cm³/mol. The predicted octanol–water partition coefficient (Wildman–Crippen LogP) is 1.31. The van der Waals surface area contributed by atoms with Crippen molar-refractivity contribution in [3.8, 4) is 0 Å². The van der Waals surface area contributed by atoms with Crippen molar-refractivity contribution in [1.82, 2.24) is 0 Å². The highest BCUT2D eigenvalue weighted by molar-refractivity contribution is 4.89. The molecule has 0 bridgehead atoms. The molecule has 2 nitrogen and oxygen atoms in total. The molecule has 0 saturated heterocycles. The molecule has 0 aliphatic heterocycles. The molecule has 0 unspecified atom stereocenters. The van der Waals surface area contributed by atoms with Crippen LogP contribution in [-0.2, 0) is 0 Å². The summed E-state index contributed by atoms with van der Waals surface area (Å²) in [7, 11) is 0. The second kappa shape index (κ2) is 3.55. The second-order valence-electron chi connectivity index (χ2n) is 3.65. The van der Waals surface area contributed by atoms with E-state index in [0.717, 1.165) is 32.1 Å². The molecule has 0 heterocycles. The normalized spacial score (nSPS) is 25.4. The van der Waals surface area contributed by atoms with E-state index in [1.54, 1.807) is 0 Å². The van der Waals surface area contributed by atoms with Gasteiger partial charge in [-0.3, -0.25) is 0 Å². The largest absolute Gasteiger partial charge is 0.396 e. The van der Waals surface area contributed by atoms with E-state index in [1.807, 2.05) is 6.92 Å². The highest BCUT2D eigenvalue weighted by atomic mass is 16.3. The van der Waals surface area contributed by atoms with Gasteiger partial charge in [0.05, 0.1) is 12.7 Å². The maximum Gasteiger partial charge on any atom is 0.0615 e. The summed E-state index contributed by atoms with van der Waals surface area (Å²) < 4.78 is 0. The van der Waals surface area contributed by atoms with Crippen LogP contribution in [0.4, 0.5) is 0 Å². The molecule has 0 aromatic carbocycles. The molecule has 1 atom stereocenters. The van der Waals surface area contributed by atoms with Crippen molar-refractivity contribution in [2.45, 2.75) is 45.1 Å². The van der Waals surface area contributed by atoms with Crippen LogP contribution in [0.5, 0.6) is 0 Å². The van der Waals surface area contributed by atoms with Crippen molar-refractivity contribution in [2.75, 3.05) is 6.61 Å². The van der Waals surface area contributed by atoms with Crippen molar-refractivity contribution in [1.29, 1.82) is 0 Å². The van der Waals surface area contributed by atoms with Gasteiger partial charge in [-0.25, -0.2) is 0 Å². The molecule has 0 aromatic rings. The zero-order chi connectivity index (χ0) is 8.32. The Morgan fingerprint density at radius 2 is 1.91 bits per heavy atom. The maximum absolute atomic E-state index is 9.65. The number of hydrogen-bond acceptors (Lipinski definition) is 2. The Labute approximate surface area is 68.2 Å². The standard InChI is InChI=1S/C9H18O2/c1-2-8(11)9(7-10)5-3-4-6-9/h8,10-11H,2-7H2,1H3/t8-/m1/s1. The molecule has 1 aliphatic rings. The van der Waals surface area contributed by atoms with E-state index in [4.69, 9.17) is 5.11 Å². The topological polar surface area (TPSA) is 40.5 Å². The Hall–Kier alpha value is -0.0800. The lowest BCUT2D eigenvalue weighted by Crippen LogP contribution is -2.35. The number of aliphatic hydroxyl groups is 2. The van der Waals surface area contributed by atoms with Crippen LogP contribution < -0.4 is 0 Å². The smallest absolute Gasteiger partial charge is 0.0615 e. The zero-order valence-corrected chi connectivity index (χ0v) is 7.21. The van der Waals surface area contributed by atoms with E-state index in [-0.39, 0.29) is 18.1 Å². The van der Waals surface area contributed by atoms with Crippen LogP contribution in [-0.4, -0.2) is 22.9 Å². The van der Waals surface area contributed by atoms with Crippen LogP contribution in [0.25, 0.3) is 0 Å². The molecule has 1 fully saturated rings. The van der Waals surface area contributed by atoms with Gasteiger partial charge in [0, 0.05) is 5.41 Å². The number of hydrogen-bond donors (Lipinski definition) is 2. The first-order chi connectivity index (χ1) is 5.25. The first kappa shape index (κ1) is 9.01. The maximum atomic E-state index is 9.65. The van der Waals surface area contributed by atoms with E-state index in [2.05, 4.69) is 0 Å². The highest BCUT2D eigenvalue weighted by Crippen LogP contribution is 2.41. The minimum Gasteiger partial charge on any atom is -0.396 e. The Balaban J connectivity index is 2.58. The van der Waals surface area contributed by atoms with Crippen molar-refractivity contribution in [3.05, 3.63) is 0 Å². The molecule has 11 heavy (non-hydrogen) atoms. The molecule has 0 spiro atoms. The summed E-state index contributed by atoms with van der Waals surface area (Å²) in [6.45, 7) is 2.13. The van der Waals surface area contributed by atoms with E-state index >= 15 is 0 Å². The molecule has 0 radical (unpaired) electrons. The van der Waals surface area contributed by atoms with Gasteiger partial charge in [-0.15, -0.1) is 0 Å². The van der Waals surface area contributed by atoms with Gasteiger partial charge in [-0.2, -0.15) is 0 Å². The number of aliphatic hydroxyl groups excluding tert-OH is 2. The zero-order valence-electron chi connectivity index (χ0n) is 7.21. The number of rotatable bonds is 3. The minimum absolute atomic E-state index is 0.144. The Morgan fingerprint density at radius 3 is 2.27 bits per heavy atom. The highest BCUT2D eigenvalue weighted by Gasteiger charge is 2.38. The summed E-state index contributed by atoms with van der Waals surface area (Å²) in [6, 6.07) is 0.